The average Bonchev–Trinajstić information content (AvgIpc) is 2.43. The first-order chi connectivity index (χ1) is 10.2. The predicted octanol–water partition coefficient (Wildman–Crippen LogP) is 2.05. The Bertz CT molecular complexity index is 498. The molecule has 124 valence electrons. The smallest absolute Gasteiger partial charge is 0.315 e. The van der Waals surface area contributed by atoms with Crippen molar-refractivity contribution in [1.29, 1.82) is 0 Å². The number of hydrogen-bond acceptors (Lipinski definition) is 2. The summed E-state index contributed by atoms with van der Waals surface area (Å²) in [6, 6.07) is -0.913. The lowest BCUT2D eigenvalue weighted by Crippen LogP contribution is -2.58. The third-order valence-electron chi connectivity index (χ3n) is 5.39. The molecule has 1 aliphatic carbocycles. The lowest BCUT2D eigenvalue weighted by Gasteiger charge is -2.42. The van der Waals surface area contributed by atoms with Gasteiger partial charge in [0, 0.05) is 19.6 Å². The summed E-state index contributed by atoms with van der Waals surface area (Å²) in [5.41, 5.74) is 13.9. The number of nitrogens with two attached hydrogens (primary N) is 2. The zero-order chi connectivity index (χ0) is 16.5. The SMILES string of the molecule is CC1=C(CC2CN(C(N)=O)CCN2C(N)=O)CCCC1(C)C. The number of nitrogens with zero attached hydrogens (tertiary/aromatic N) is 2. The van der Waals surface area contributed by atoms with E-state index in [-0.39, 0.29) is 11.5 Å². The fraction of sp³-hybridized carbons (Fsp3) is 0.750. The van der Waals surface area contributed by atoms with E-state index in [1.54, 1.807) is 9.80 Å². The van der Waals surface area contributed by atoms with Crippen LogP contribution in [-0.2, 0) is 0 Å². The molecular weight excluding hydrogens is 280 g/mol. The largest absolute Gasteiger partial charge is 0.351 e. The molecular formula is C16H28N4O2. The van der Waals surface area contributed by atoms with Crippen LogP contribution in [0.1, 0.15) is 46.5 Å². The van der Waals surface area contributed by atoms with Crippen molar-refractivity contribution in [2.45, 2.75) is 52.5 Å². The Hall–Kier alpha value is -1.72. The lowest BCUT2D eigenvalue weighted by molar-refractivity contribution is 0.112. The number of carbonyl (C=O) groups excluding carboxylic acids is 2. The van der Waals surface area contributed by atoms with Gasteiger partial charge in [0.15, 0.2) is 0 Å². The van der Waals surface area contributed by atoms with E-state index < -0.39 is 12.1 Å². The molecule has 2 aliphatic rings. The van der Waals surface area contributed by atoms with Gasteiger partial charge in [-0.15, -0.1) is 0 Å². The summed E-state index contributed by atoms with van der Waals surface area (Å²) in [5, 5.41) is 0. The molecule has 1 aliphatic heterocycles. The highest BCUT2D eigenvalue weighted by atomic mass is 16.2. The number of piperazine rings is 1. The molecule has 22 heavy (non-hydrogen) atoms. The summed E-state index contributed by atoms with van der Waals surface area (Å²) in [4.78, 5) is 26.4. The standard InChI is InChI=1S/C16H28N4O2/c1-11-12(5-4-6-16(11,2)3)9-13-10-19(14(17)21)7-8-20(13)15(18)22/h13H,4-10H2,1-3H3,(H2,17,21)(H2,18,22). The Labute approximate surface area is 132 Å². The van der Waals surface area contributed by atoms with E-state index in [0.717, 1.165) is 12.8 Å². The highest BCUT2D eigenvalue weighted by molar-refractivity contribution is 5.75. The maximum atomic E-state index is 11.7. The molecule has 0 radical (unpaired) electrons. The molecule has 6 nitrogen and oxygen atoms in total. The van der Waals surface area contributed by atoms with Gasteiger partial charge in [0.2, 0.25) is 0 Å². The highest BCUT2D eigenvalue weighted by Gasteiger charge is 2.34. The van der Waals surface area contributed by atoms with Gasteiger partial charge >= 0.3 is 12.1 Å². The summed E-state index contributed by atoms with van der Waals surface area (Å²) in [5.74, 6) is 0. The van der Waals surface area contributed by atoms with Crippen LogP contribution in [0.2, 0.25) is 0 Å². The Balaban J connectivity index is 2.19. The molecule has 0 saturated carbocycles. The minimum atomic E-state index is -0.427. The second-order valence-corrected chi connectivity index (χ2v) is 7.14. The topological polar surface area (TPSA) is 92.7 Å². The van der Waals surface area contributed by atoms with Crippen molar-refractivity contribution in [3.63, 3.8) is 0 Å². The van der Waals surface area contributed by atoms with E-state index in [1.807, 2.05) is 0 Å². The second kappa shape index (κ2) is 6.18. The number of urea groups is 2. The van der Waals surface area contributed by atoms with Crippen LogP contribution in [-0.4, -0.2) is 47.5 Å². The number of carbonyl (C=O) groups is 2. The summed E-state index contributed by atoms with van der Waals surface area (Å²) in [6.07, 6.45) is 4.21. The minimum Gasteiger partial charge on any atom is -0.351 e. The van der Waals surface area contributed by atoms with Crippen molar-refractivity contribution in [2.24, 2.45) is 16.9 Å². The molecule has 0 spiro atoms. The Morgan fingerprint density at radius 3 is 2.50 bits per heavy atom. The van der Waals surface area contributed by atoms with E-state index in [2.05, 4.69) is 20.8 Å². The first-order valence-electron chi connectivity index (χ1n) is 8.02. The summed E-state index contributed by atoms with van der Waals surface area (Å²) >= 11 is 0. The maximum absolute atomic E-state index is 11.7. The van der Waals surface area contributed by atoms with Crippen molar-refractivity contribution in [3.8, 4) is 0 Å². The van der Waals surface area contributed by atoms with Gasteiger partial charge in [0.25, 0.3) is 0 Å². The first kappa shape index (κ1) is 16.6. The molecule has 0 bridgehead atoms. The van der Waals surface area contributed by atoms with E-state index in [1.165, 1.54) is 24.0 Å². The van der Waals surface area contributed by atoms with Gasteiger partial charge in [-0.2, -0.15) is 0 Å². The lowest BCUT2D eigenvalue weighted by atomic mass is 9.72. The molecule has 1 fully saturated rings. The number of hydrogen-bond donors (Lipinski definition) is 2. The van der Waals surface area contributed by atoms with Crippen molar-refractivity contribution >= 4 is 12.1 Å². The molecule has 0 aromatic heterocycles. The Morgan fingerprint density at radius 2 is 1.91 bits per heavy atom. The van der Waals surface area contributed by atoms with Gasteiger partial charge in [0.05, 0.1) is 6.04 Å². The van der Waals surface area contributed by atoms with Crippen molar-refractivity contribution in [1.82, 2.24) is 9.80 Å². The molecule has 1 unspecified atom stereocenters. The van der Waals surface area contributed by atoms with Crippen LogP contribution < -0.4 is 11.5 Å². The monoisotopic (exact) mass is 308 g/mol. The van der Waals surface area contributed by atoms with Crippen LogP contribution in [0, 0.1) is 5.41 Å². The van der Waals surface area contributed by atoms with Gasteiger partial charge in [-0.25, -0.2) is 9.59 Å². The molecule has 6 heteroatoms. The minimum absolute atomic E-state index is 0.0717. The van der Waals surface area contributed by atoms with E-state index in [9.17, 15) is 9.59 Å². The Morgan fingerprint density at radius 1 is 1.23 bits per heavy atom. The quantitative estimate of drug-likeness (QED) is 0.764. The number of allylic oxidation sites excluding steroid dienone is 1. The summed E-state index contributed by atoms with van der Waals surface area (Å²) in [6.45, 7) is 8.11. The third-order valence-corrected chi connectivity index (χ3v) is 5.39. The van der Waals surface area contributed by atoms with Crippen LogP contribution in [0.15, 0.2) is 11.1 Å². The fourth-order valence-electron chi connectivity index (χ4n) is 3.66. The van der Waals surface area contributed by atoms with Crippen molar-refractivity contribution < 1.29 is 9.59 Å². The number of rotatable bonds is 2. The molecule has 4 amide bonds. The molecule has 0 aromatic rings. The first-order valence-corrected chi connectivity index (χ1v) is 8.02. The average molecular weight is 308 g/mol. The molecule has 0 aromatic carbocycles. The fourth-order valence-corrected chi connectivity index (χ4v) is 3.66. The van der Waals surface area contributed by atoms with E-state index >= 15 is 0 Å². The highest BCUT2D eigenvalue weighted by Crippen LogP contribution is 2.41. The number of amides is 4. The molecule has 1 heterocycles. The van der Waals surface area contributed by atoms with Crippen molar-refractivity contribution in [3.05, 3.63) is 11.1 Å². The Kier molecular flexibility index (Phi) is 4.68. The molecule has 2 rings (SSSR count). The summed E-state index contributed by atoms with van der Waals surface area (Å²) in [7, 11) is 0. The zero-order valence-corrected chi connectivity index (χ0v) is 13.9. The zero-order valence-electron chi connectivity index (χ0n) is 13.9. The van der Waals surface area contributed by atoms with Crippen molar-refractivity contribution in [2.75, 3.05) is 19.6 Å². The molecule has 1 atom stereocenters. The maximum Gasteiger partial charge on any atom is 0.315 e. The van der Waals surface area contributed by atoms with Gasteiger partial charge in [-0.1, -0.05) is 25.0 Å². The van der Waals surface area contributed by atoms with E-state index in [4.69, 9.17) is 11.5 Å². The second-order valence-electron chi connectivity index (χ2n) is 7.14. The molecule has 1 saturated heterocycles. The van der Waals surface area contributed by atoms with Gasteiger partial charge in [-0.3, -0.25) is 0 Å². The molecule has 4 N–H and O–H groups in total. The predicted molar refractivity (Wildman–Crippen MR) is 86.2 cm³/mol. The van der Waals surface area contributed by atoms with E-state index in [0.29, 0.717) is 19.6 Å². The van der Waals surface area contributed by atoms with Crippen LogP contribution >= 0.6 is 0 Å². The summed E-state index contributed by atoms with van der Waals surface area (Å²) < 4.78 is 0. The van der Waals surface area contributed by atoms with Gasteiger partial charge in [-0.05, 0) is 38.0 Å². The van der Waals surface area contributed by atoms with Crippen LogP contribution in [0.4, 0.5) is 9.59 Å². The van der Waals surface area contributed by atoms with Crippen LogP contribution in [0.5, 0.6) is 0 Å². The van der Waals surface area contributed by atoms with Crippen LogP contribution in [0.25, 0.3) is 0 Å². The normalized spacial score (nSPS) is 25.3. The third kappa shape index (κ3) is 3.36. The number of primary amides is 2. The van der Waals surface area contributed by atoms with Crippen LogP contribution in [0.3, 0.4) is 0 Å². The van der Waals surface area contributed by atoms with Gasteiger partial charge < -0.3 is 21.3 Å². The van der Waals surface area contributed by atoms with Gasteiger partial charge in [0.1, 0.15) is 0 Å².